The summed E-state index contributed by atoms with van der Waals surface area (Å²) in [7, 11) is 0. The van der Waals surface area contributed by atoms with Crippen molar-refractivity contribution in [2.75, 3.05) is 0 Å². The molecule has 2 rings (SSSR count). The maximum absolute atomic E-state index is 12.6. The predicted molar refractivity (Wildman–Crippen MR) is 49.5 cm³/mol. The summed E-state index contributed by atoms with van der Waals surface area (Å²) in [6.07, 6.45) is 0.774. The molecule has 0 aliphatic heterocycles. The second-order valence-corrected chi connectivity index (χ2v) is 2.89. The van der Waals surface area contributed by atoms with Gasteiger partial charge < -0.3 is 9.32 Å². The Hall–Kier alpha value is -2.04. The molecule has 0 atom stereocenters. The van der Waals surface area contributed by atoms with Gasteiger partial charge in [0.15, 0.2) is 0 Å². The van der Waals surface area contributed by atoms with Crippen molar-refractivity contribution in [1.29, 1.82) is 0 Å². The van der Waals surface area contributed by atoms with Gasteiger partial charge in [-0.1, -0.05) is 5.16 Å². The minimum absolute atomic E-state index is 0.0915. The van der Waals surface area contributed by atoms with E-state index in [2.05, 4.69) is 10.1 Å². The third-order valence-electron chi connectivity index (χ3n) is 1.83. The minimum atomic E-state index is -0.324. The quantitative estimate of drug-likeness (QED) is 0.716. The molecule has 0 fully saturated rings. The number of benzene rings is 1. The Bertz CT molecular complexity index is 465. The van der Waals surface area contributed by atoms with Crippen molar-refractivity contribution in [3.63, 3.8) is 0 Å². The first-order chi connectivity index (χ1) is 7.29. The van der Waals surface area contributed by atoms with E-state index < -0.39 is 0 Å². The first-order valence-electron chi connectivity index (χ1n) is 4.32. The fourth-order valence-electron chi connectivity index (χ4n) is 1.13. The lowest BCUT2D eigenvalue weighted by molar-refractivity contribution is -0.107. The van der Waals surface area contributed by atoms with E-state index in [9.17, 15) is 9.18 Å². The van der Waals surface area contributed by atoms with Gasteiger partial charge in [0.05, 0.1) is 6.42 Å². The molecule has 0 N–H and O–H groups in total. The fourth-order valence-corrected chi connectivity index (χ4v) is 1.13. The van der Waals surface area contributed by atoms with E-state index in [1.54, 1.807) is 12.1 Å². The van der Waals surface area contributed by atoms with Gasteiger partial charge in [0.1, 0.15) is 12.1 Å². The van der Waals surface area contributed by atoms with Crippen LogP contribution in [0.4, 0.5) is 4.39 Å². The largest absolute Gasteiger partial charge is 0.339 e. The number of hydrogen-bond acceptors (Lipinski definition) is 4. The van der Waals surface area contributed by atoms with Crippen LogP contribution in [-0.4, -0.2) is 16.4 Å². The van der Waals surface area contributed by atoms with E-state index in [1.807, 2.05) is 0 Å². The molecule has 0 radical (unpaired) electrons. The van der Waals surface area contributed by atoms with E-state index in [0.29, 0.717) is 17.7 Å². The molecule has 0 saturated carbocycles. The lowest BCUT2D eigenvalue weighted by atomic mass is 10.2. The van der Waals surface area contributed by atoms with Gasteiger partial charge in [-0.25, -0.2) is 4.39 Å². The van der Waals surface area contributed by atoms with Crippen molar-refractivity contribution < 1.29 is 13.7 Å². The number of rotatable bonds is 3. The van der Waals surface area contributed by atoms with Crippen molar-refractivity contribution in [1.82, 2.24) is 10.1 Å². The Labute approximate surface area is 84.7 Å². The van der Waals surface area contributed by atoms with Crippen LogP contribution in [0.2, 0.25) is 0 Å². The molecule has 1 aromatic heterocycles. The highest BCUT2D eigenvalue weighted by atomic mass is 19.1. The van der Waals surface area contributed by atoms with Crippen LogP contribution in [0, 0.1) is 5.82 Å². The molecular weight excluding hydrogens is 199 g/mol. The summed E-state index contributed by atoms with van der Waals surface area (Å²) < 4.78 is 17.4. The third-order valence-corrected chi connectivity index (χ3v) is 1.83. The van der Waals surface area contributed by atoms with E-state index >= 15 is 0 Å². The number of aldehydes is 1. The summed E-state index contributed by atoms with van der Waals surface area (Å²) in [4.78, 5) is 14.2. The van der Waals surface area contributed by atoms with Gasteiger partial charge in [-0.15, -0.1) is 0 Å². The molecule has 15 heavy (non-hydrogen) atoms. The molecule has 4 nitrogen and oxygen atoms in total. The molecular formula is C10H7FN2O2. The van der Waals surface area contributed by atoms with Crippen LogP contribution in [0.3, 0.4) is 0 Å². The molecule has 5 heteroatoms. The summed E-state index contributed by atoms with van der Waals surface area (Å²) in [6.45, 7) is 0. The zero-order chi connectivity index (χ0) is 10.7. The van der Waals surface area contributed by atoms with E-state index in [4.69, 9.17) is 4.52 Å². The zero-order valence-electron chi connectivity index (χ0n) is 7.68. The summed E-state index contributed by atoms with van der Waals surface area (Å²) in [5.74, 6) is 0.284. The second kappa shape index (κ2) is 4.00. The number of carbonyl (C=O) groups is 1. The average Bonchev–Trinajstić information content (AvgIpc) is 2.68. The molecule has 0 aliphatic rings. The maximum atomic E-state index is 12.6. The summed E-state index contributed by atoms with van der Waals surface area (Å²) in [5, 5.41) is 3.67. The Morgan fingerprint density at radius 2 is 2.07 bits per heavy atom. The SMILES string of the molecule is O=CCc1nc(-c2ccc(F)cc2)no1. The van der Waals surface area contributed by atoms with Gasteiger partial charge in [0, 0.05) is 5.56 Å². The molecule has 0 saturated heterocycles. The van der Waals surface area contributed by atoms with Gasteiger partial charge in [0.25, 0.3) is 0 Å². The molecule has 76 valence electrons. The van der Waals surface area contributed by atoms with Crippen LogP contribution in [0.25, 0.3) is 11.4 Å². The number of hydrogen-bond donors (Lipinski definition) is 0. The monoisotopic (exact) mass is 206 g/mol. The maximum Gasteiger partial charge on any atom is 0.234 e. The van der Waals surface area contributed by atoms with E-state index in [0.717, 1.165) is 0 Å². The normalized spacial score (nSPS) is 10.2. The van der Waals surface area contributed by atoms with Crippen LogP contribution < -0.4 is 0 Å². The molecule has 1 heterocycles. The summed E-state index contributed by atoms with van der Waals surface area (Å²) in [6, 6.07) is 5.71. The Balaban J connectivity index is 2.28. The zero-order valence-corrected chi connectivity index (χ0v) is 7.68. The number of carbonyl (C=O) groups excluding carboxylic acids is 1. The van der Waals surface area contributed by atoms with Gasteiger partial charge in [0.2, 0.25) is 11.7 Å². The van der Waals surface area contributed by atoms with Crippen LogP contribution in [0.1, 0.15) is 5.89 Å². The molecule has 2 aromatic rings. The number of aromatic nitrogens is 2. The van der Waals surface area contributed by atoms with Crippen LogP contribution in [-0.2, 0) is 11.2 Å². The lowest BCUT2D eigenvalue weighted by Gasteiger charge is -1.92. The molecule has 0 unspecified atom stereocenters. The number of nitrogens with zero attached hydrogens (tertiary/aromatic N) is 2. The second-order valence-electron chi connectivity index (χ2n) is 2.89. The highest BCUT2D eigenvalue weighted by Gasteiger charge is 2.07. The smallest absolute Gasteiger partial charge is 0.234 e. The van der Waals surface area contributed by atoms with Crippen LogP contribution in [0.15, 0.2) is 28.8 Å². The topological polar surface area (TPSA) is 56.0 Å². The van der Waals surface area contributed by atoms with E-state index in [1.165, 1.54) is 12.1 Å². The first-order valence-corrected chi connectivity index (χ1v) is 4.32. The molecule has 0 amide bonds. The van der Waals surface area contributed by atoms with Crippen molar-refractivity contribution in [2.24, 2.45) is 0 Å². The van der Waals surface area contributed by atoms with E-state index in [-0.39, 0.29) is 18.1 Å². The van der Waals surface area contributed by atoms with Crippen LogP contribution >= 0.6 is 0 Å². The third kappa shape index (κ3) is 2.07. The average molecular weight is 206 g/mol. The Kier molecular flexibility index (Phi) is 2.53. The standard InChI is InChI=1S/C10H7FN2O2/c11-8-3-1-7(2-4-8)10-12-9(5-6-14)15-13-10/h1-4,6H,5H2. The lowest BCUT2D eigenvalue weighted by Crippen LogP contribution is -1.85. The first kappa shape index (κ1) is 9.51. The van der Waals surface area contributed by atoms with Gasteiger partial charge in [-0.3, -0.25) is 0 Å². The molecule has 0 aliphatic carbocycles. The molecule has 0 bridgehead atoms. The summed E-state index contributed by atoms with van der Waals surface area (Å²) in [5.41, 5.74) is 0.650. The van der Waals surface area contributed by atoms with Gasteiger partial charge >= 0.3 is 0 Å². The number of halogens is 1. The highest BCUT2D eigenvalue weighted by Crippen LogP contribution is 2.15. The van der Waals surface area contributed by atoms with Crippen molar-refractivity contribution in [2.45, 2.75) is 6.42 Å². The van der Waals surface area contributed by atoms with Crippen molar-refractivity contribution >= 4 is 6.29 Å². The predicted octanol–water partition coefficient (Wildman–Crippen LogP) is 1.62. The van der Waals surface area contributed by atoms with Crippen molar-refractivity contribution in [3.05, 3.63) is 36.0 Å². The van der Waals surface area contributed by atoms with Crippen LogP contribution in [0.5, 0.6) is 0 Å². The van der Waals surface area contributed by atoms with Crippen molar-refractivity contribution in [3.8, 4) is 11.4 Å². The van der Waals surface area contributed by atoms with Gasteiger partial charge in [-0.2, -0.15) is 4.98 Å². The fraction of sp³-hybridized carbons (Fsp3) is 0.100. The molecule has 0 spiro atoms. The highest BCUT2D eigenvalue weighted by molar-refractivity contribution is 5.56. The molecule has 1 aromatic carbocycles. The Morgan fingerprint density at radius 3 is 2.73 bits per heavy atom. The Morgan fingerprint density at radius 1 is 1.33 bits per heavy atom. The minimum Gasteiger partial charge on any atom is -0.339 e. The summed E-state index contributed by atoms with van der Waals surface area (Å²) >= 11 is 0. The van der Waals surface area contributed by atoms with Gasteiger partial charge in [-0.05, 0) is 24.3 Å².